The molecule has 2 atom stereocenters. The maximum Gasteiger partial charge on any atom is 0.154 e. The van der Waals surface area contributed by atoms with Crippen molar-refractivity contribution < 1.29 is 18.6 Å². The van der Waals surface area contributed by atoms with Gasteiger partial charge in [0.25, 0.3) is 0 Å². The first-order valence-corrected chi connectivity index (χ1v) is 7.01. The summed E-state index contributed by atoms with van der Waals surface area (Å²) >= 11 is 0. The van der Waals surface area contributed by atoms with Crippen molar-refractivity contribution in [2.75, 3.05) is 24.7 Å². The van der Waals surface area contributed by atoms with E-state index in [9.17, 15) is 13.5 Å². The quantitative estimate of drug-likeness (QED) is 0.552. The average molecular weight is 235 g/mol. The monoisotopic (exact) mass is 235 g/mol. The predicted octanol–water partition coefficient (Wildman–Crippen LogP) is -1.49. The minimum Gasteiger partial charge on any atom is -0.396 e. The summed E-state index contributed by atoms with van der Waals surface area (Å²) in [5, 5.41) is 21.6. The molecule has 2 unspecified atom stereocenters. The van der Waals surface area contributed by atoms with Gasteiger partial charge in [-0.3, -0.25) is 0 Å². The highest BCUT2D eigenvalue weighted by molar-refractivity contribution is 7.91. The van der Waals surface area contributed by atoms with Crippen molar-refractivity contribution in [3.8, 4) is 0 Å². The van der Waals surface area contributed by atoms with Crippen LogP contribution >= 0.6 is 0 Å². The molecule has 1 aliphatic carbocycles. The molecule has 0 amide bonds. The molecule has 0 aromatic carbocycles. The van der Waals surface area contributed by atoms with Gasteiger partial charge >= 0.3 is 0 Å². The summed E-state index contributed by atoms with van der Waals surface area (Å²) in [6.45, 7) is 0.732. The Morgan fingerprint density at radius 1 is 1.33 bits per heavy atom. The molecule has 0 aromatic heterocycles. The minimum atomic E-state index is -3.07. The van der Waals surface area contributed by atoms with E-state index in [1.807, 2.05) is 0 Å². The van der Waals surface area contributed by atoms with Gasteiger partial charge in [-0.05, 0) is 12.8 Å². The maximum absolute atomic E-state index is 11.2. The summed E-state index contributed by atoms with van der Waals surface area (Å²) in [5.41, 5.74) is -0.0495. The Kier molecular flexibility index (Phi) is 2.79. The van der Waals surface area contributed by atoms with E-state index in [4.69, 9.17) is 5.11 Å². The third-order valence-corrected chi connectivity index (χ3v) is 5.07. The van der Waals surface area contributed by atoms with Crippen LogP contribution in [0.3, 0.4) is 0 Å². The van der Waals surface area contributed by atoms with Gasteiger partial charge in [-0.1, -0.05) is 0 Å². The molecule has 1 saturated heterocycles. The van der Waals surface area contributed by atoms with Crippen LogP contribution in [0.2, 0.25) is 0 Å². The van der Waals surface area contributed by atoms with Gasteiger partial charge in [-0.15, -0.1) is 0 Å². The molecule has 6 heteroatoms. The van der Waals surface area contributed by atoms with Gasteiger partial charge in [0.1, 0.15) is 0 Å². The third kappa shape index (κ3) is 2.50. The van der Waals surface area contributed by atoms with Crippen LogP contribution in [0.15, 0.2) is 0 Å². The molecule has 5 nitrogen and oxygen atoms in total. The van der Waals surface area contributed by atoms with E-state index in [0.29, 0.717) is 6.54 Å². The Balaban J connectivity index is 1.86. The highest BCUT2D eigenvalue weighted by Crippen LogP contribution is 2.44. The van der Waals surface area contributed by atoms with E-state index in [0.717, 1.165) is 12.8 Å². The molecule has 0 aromatic rings. The summed E-state index contributed by atoms with van der Waals surface area (Å²) in [6, 6.07) is -0.362. The van der Waals surface area contributed by atoms with Crippen molar-refractivity contribution in [2.45, 2.75) is 25.0 Å². The molecular weight excluding hydrogens is 218 g/mol. The van der Waals surface area contributed by atoms with Gasteiger partial charge in [0.2, 0.25) is 0 Å². The van der Waals surface area contributed by atoms with Crippen LogP contribution in [0.1, 0.15) is 12.8 Å². The van der Waals surface area contributed by atoms with Crippen LogP contribution in [0, 0.1) is 5.41 Å². The topological polar surface area (TPSA) is 86.6 Å². The summed E-state index contributed by atoms with van der Waals surface area (Å²) < 4.78 is 22.4. The smallest absolute Gasteiger partial charge is 0.154 e. The van der Waals surface area contributed by atoms with Crippen LogP contribution in [0.4, 0.5) is 0 Å². The molecule has 0 spiro atoms. The van der Waals surface area contributed by atoms with E-state index in [2.05, 4.69) is 5.32 Å². The Morgan fingerprint density at radius 3 is 2.40 bits per heavy atom. The molecule has 1 heterocycles. The number of aliphatic hydroxyl groups is 2. The van der Waals surface area contributed by atoms with E-state index in [-0.39, 0.29) is 29.6 Å². The number of nitrogens with one attached hydrogen (secondary N) is 1. The molecular formula is C9H17NO4S. The van der Waals surface area contributed by atoms with Crippen LogP contribution in [-0.2, 0) is 9.84 Å². The number of hydrogen-bond acceptors (Lipinski definition) is 5. The van der Waals surface area contributed by atoms with Gasteiger partial charge in [0, 0.05) is 24.6 Å². The normalized spacial score (nSPS) is 36.7. The van der Waals surface area contributed by atoms with Gasteiger partial charge in [-0.25, -0.2) is 8.42 Å². The Morgan fingerprint density at radius 2 is 2.00 bits per heavy atom. The first-order chi connectivity index (χ1) is 6.96. The minimum absolute atomic E-state index is 0.00960. The number of hydrogen-bond donors (Lipinski definition) is 3. The highest BCUT2D eigenvalue weighted by Gasteiger charge is 2.44. The first kappa shape index (κ1) is 11.3. The third-order valence-electron chi connectivity index (χ3n) is 3.35. The molecule has 1 saturated carbocycles. The molecule has 0 bridgehead atoms. The van der Waals surface area contributed by atoms with Crippen molar-refractivity contribution >= 4 is 9.84 Å². The fourth-order valence-electron chi connectivity index (χ4n) is 1.94. The molecule has 0 radical (unpaired) electrons. The summed E-state index contributed by atoms with van der Waals surface area (Å²) in [7, 11) is -3.07. The number of rotatable bonds is 4. The number of aliphatic hydroxyl groups excluding tert-OH is 2. The van der Waals surface area contributed by atoms with E-state index < -0.39 is 15.9 Å². The first-order valence-electron chi connectivity index (χ1n) is 5.19. The standard InChI is InChI=1S/C9H17NO4S/c11-6-9(1-2-9)5-10-7-3-15(13,14)4-8(7)12/h7-8,10-12H,1-6H2. The molecule has 2 aliphatic rings. The fraction of sp³-hybridized carbons (Fsp3) is 1.00. The SMILES string of the molecule is O=S1(=O)CC(O)C(NCC2(CO)CC2)C1. The Hall–Kier alpha value is -0.170. The maximum atomic E-state index is 11.2. The van der Waals surface area contributed by atoms with Crippen molar-refractivity contribution in [3.63, 3.8) is 0 Å². The molecule has 1 aliphatic heterocycles. The van der Waals surface area contributed by atoms with Gasteiger partial charge in [0.05, 0.1) is 17.6 Å². The lowest BCUT2D eigenvalue weighted by Gasteiger charge is -2.19. The molecule has 88 valence electrons. The second-order valence-electron chi connectivity index (χ2n) is 4.79. The molecule has 2 rings (SSSR count). The Labute approximate surface area is 89.4 Å². The zero-order chi connectivity index (χ0) is 11.1. The molecule has 3 N–H and O–H groups in total. The van der Waals surface area contributed by atoms with Gasteiger partial charge < -0.3 is 15.5 Å². The van der Waals surface area contributed by atoms with Crippen molar-refractivity contribution in [1.82, 2.24) is 5.32 Å². The van der Waals surface area contributed by atoms with Crippen molar-refractivity contribution in [2.24, 2.45) is 5.41 Å². The second-order valence-corrected chi connectivity index (χ2v) is 6.94. The summed E-state index contributed by atoms with van der Waals surface area (Å²) in [5.74, 6) is -0.132. The summed E-state index contributed by atoms with van der Waals surface area (Å²) in [4.78, 5) is 0. The van der Waals surface area contributed by atoms with E-state index in [1.165, 1.54) is 0 Å². The zero-order valence-electron chi connectivity index (χ0n) is 8.52. The average Bonchev–Trinajstić information content (AvgIpc) is 2.87. The van der Waals surface area contributed by atoms with Gasteiger partial charge in [0.15, 0.2) is 9.84 Å². The lowest BCUT2D eigenvalue weighted by Crippen LogP contribution is -2.42. The van der Waals surface area contributed by atoms with Crippen molar-refractivity contribution in [3.05, 3.63) is 0 Å². The molecule has 15 heavy (non-hydrogen) atoms. The fourth-order valence-corrected chi connectivity index (χ4v) is 3.72. The zero-order valence-corrected chi connectivity index (χ0v) is 9.33. The largest absolute Gasteiger partial charge is 0.396 e. The van der Waals surface area contributed by atoms with Crippen molar-refractivity contribution in [1.29, 1.82) is 0 Å². The Bertz CT molecular complexity index is 336. The van der Waals surface area contributed by atoms with Crippen LogP contribution in [0.5, 0.6) is 0 Å². The predicted molar refractivity (Wildman–Crippen MR) is 55.2 cm³/mol. The lowest BCUT2D eigenvalue weighted by molar-refractivity contribution is 0.151. The van der Waals surface area contributed by atoms with Crippen LogP contribution < -0.4 is 5.32 Å². The van der Waals surface area contributed by atoms with E-state index >= 15 is 0 Å². The van der Waals surface area contributed by atoms with E-state index in [1.54, 1.807) is 0 Å². The van der Waals surface area contributed by atoms with Crippen LogP contribution in [0.25, 0.3) is 0 Å². The van der Waals surface area contributed by atoms with Gasteiger partial charge in [-0.2, -0.15) is 0 Å². The highest BCUT2D eigenvalue weighted by atomic mass is 32.2. The summed E-state index contributed by atoms with van der Waals surface area (Å²) in [6.07, 6.45) is 1.16. The molecule has 2 fully saturated rings. The lowest BCUT2D eigenvalue weighted by atomic mass is 10.1. The number of sulfone groups is 1. The second kappa shape index (κ2) is 3.69. The van der Waals surface area contributed by atoms with Crippen LogP contribution in [-0.4, -0.2) is 55.4 Å².